The summed E-state index contributed by atoms with van der Waals surface area (Å²) in [5.74, 6) is 1.08. The van der Waals surface area contributed by atoms with Gasteiger partial charge in [-0.2, -0.15) is 0 Å². The summed E-state index contributed by atoms with van der Waals surface area (Å²) >= 11 is 0. The van der Waals surface area contributed by atoms with Crippen molar-refractivity contribution in [2.75, 3.05) is 57.9 Å². The van der Waals surface area contributed by atoms with Crippen LogP contribution in [-0.4, -0.2) is 63.8 Å². The molecular formula is C20H33IN4O. The van der Waals surface area contributed by atoms with Gasteiger partial charge in [0.1, 0.15) is 0 Å². The van der Waals surface area contributed by atoms with Gasteiger partial charge in [-0.25, -0.2) is 0 Å². The lowest BCUT2D eigenvalue weighted by molar-refractivity contribution is 0.156. The zero-order valence-electron chi connectivity index (χ0n) is 16.1. The number of para-hydroxylation sites is 1. The van der Waals surface area contributed by atoms with Crippen LogP contribution in [0.15, 0.2) is 35.3 Å². The van der Waals surface area contributed by atoms with Crippen LogP contribution in [0.5, 0.6) is 0 Å². The number of guanidine groups is 1. The lowest BCUT2D eigenvalue weighted by Gasteiger charge is -2.25. The first-order chi connectivity index (χ1) is 12.2. The standard InChI is InChI=1S/C20H32N4O.HI/c1-3-21-19(24-14-10-20(16-24)11-15-25-17-20)22-12-7-13-23(2)18-8-5-4-6-9-18;/h4-6,8-9H,3,7,10-17H2,1-2H3,(H,21,22);1H. The van der Waals surface area contributed by atoms with Crippen LogP contribution in [0.4, 0.5) is 5.69 Å². The van der Waals surface area contributed by atoms with E-state index in [2.05, 4.69) is 59.4 Å². The van der Waals surface area contributed by atoms with Crippen LogP contribution in [0.3, 0.4) is 0 Å². The second-order valence-electron chi connectivity index (χ2n) is 7.32. The maximum absolute atomic E-state index is 5.64. The van der Waals surface area contributed by atoms with Crippen LogP contribution in [0.25, 0.3) is 0 Å². The number of likely N-dealkylation sites (tertiary alicyclic amines) is 1. The third kappa shape index (κ3) is 5.49. The van der Waals surface area contributed by atoms with E-state index in [0.29, 0.717) is 5.41 Å². The Morgan fingerprint density at radius 1 is 1.31 bits per heavy atom. The van der Waals surface area contributed by atoms with Gasteiger partial charge in [0.05, 0.1) is 6.61 Å². The SMILES string of the molecule is CCNC(=NCCCN(C)c1ccccc1)N1CCC2(CCOC2)C1.I. The molecule has 2 saturated heterocycles. The molecule has 2 aliphatic rings. The molecule has 1 N–H and O–H groups in total. The summed E-state index contributed by atoms with van der Waals surface area (Å²) in [5, 5.41) is 3.47. The summed E-state index contributed by atoms with van der Waals surface area (Å²) in [4.78, 5) is 9.60. The lowest BCUT2D eigenvalue weighted by atomic mass is 9.87. The van der Waals surface area contributed by atoms with Gasteiger partial charge < -0.3 is 19.9 Å². The lowest BCUT2D eigenvalue weighted by Crippen LogP contribution is -2.41. The van der Waals surface area contributed by atoms with Crippen molar-refractivity contribution in [3.8, 4) is 0 Å². The number of hydrogen-bond donors (Lipinski definition) is 1. The molecule has 0 bridgehead atoms. The molecule has 3 rings (SSSR count). The highest BCUT2D eigenvalue weighted by Crippen LogP contribution is 2.38. The smallest absolute Gasteiger partial charge is 0.193 e. The molecule has 1 aromatic carbocycles. The predicted octanol–water partition coefficient (Wildman–Crippen LogP) is 3.21. The molecular weight excluding hydrogens is 439 g/mol. The van der Waals surface area contributed by atoms with Crippen LogP contribution < -0.4 is 10.2 Å². The van der Waals surface area contributed by atoms with Crippen molar-refractivity contribution >= 4 is 35.6 Å². The van der Waals surface area contributed by atoms with Crippen molar-refractivity contribution < 1.29 is 4.74 Å². The van der Waals surface area contributed by atoms with E-state index in [0.717, 1.165) is 58.3 Å². The first-order valence-corrected chi connectivity index (χ1v) is 9.60. The van der Waals surface area contributed by atoms with Crippen LogP contribution in [0.1, 0.15) is 26.2 Å². The van der Waals surface area contributed by atoms with E-state index in [4.69, 9.17) is 9.73 Å². The Morgan fingerprint density at radius 3 is 2.81 bits per heavy atom. The number of benzene rings is 1. The van der Waals surface area contributed by atoms with Gasteiger partial charge in [0.25, 0.3) is 0 Å². The Morgan fingerprint density at radius 2 is 2.12 bits per heavy atom. The van der Waals surface area contributed by atoms with E-state index in [1.807, 2.05) is 0 Å². The zero-order chi connectivity index (χ0) is 17.5. The minimum absolute atomic E-state index is 0. The molecule has 1 atom stereocenters. The van der Waals surface area contributed by atoms with Crippen molar-refractivity contribution in [3.05, 3.63) is 30.3 Å². The number of nitrogens with zero attached hydrogens (tertiary/aromatic N) is 3. The fraction of sp³-hybridized carbons (Fsp3) is 0.650. The third-order valence-electron chi connectivity index (χ3n) is 5.37. The molecule has 1 aromatic rings. The van der Waals surface area contributed by atoms with Crippen molar-refractivity contribution in [2.45, 2.75) is 26.2 Å². The van der Waals surface area contributed by atoms with Crippen LogP contribution >= 0.6 is 24.0 Å². The van der Waals surface area contributed by atoms with Crippen molar-refractivity contribution in [1.29, 1.82) is 0 Å². The number of anilines is 1. The fourth-order valence-electron chi connectivity index (χ4n) is 3.82. The zero-order valence-corrected chi connectivity index (χ0v) is 18.4. The second-order valence-corrected chi connectivity index (χ2v) is 7.32. The van der Waals surface area contributed by atoms with Crippen molar-refractivity contribution in [1.82, 2.24) is 10.2 Å². The monoisotopic (exact) mass is 472 g/mol. The van der Waals surface area contributed by atoms with Gasteiger partial charge >= 0.3 is 0 Å². The average molecular weight is 472 g/mol. The minimum Gasteiger partial charge on any atom is -0.381 e. The molecule has 2 aliphatic heterocycles. The Bertz CT molecular complexity index is 560. The molecule has 5 nitrogen and oxygen atoms in total. The molecule has 26 heavy (non-hydrogen) atoms. The summed E-state index contributed by atoms with van der Waals surface area (Å²) < 4.78 is 5.64. The normalized spacial score (nSPS) is 22.5. The molecule has 0 aromatic heterocycles. The molecule has 1 unspecified atom stereocenters. The highest BCUT2D eigenvalue weighted by molar-refractivity contribution is 14.0. The molecule has 1 spiro atoms. The maximum atomic E-state index is 5.64. The Hall–Kier alpha value is -1.02. The number of hydrogen-bond acceptors (Lipinski definition) is 3. The van der Waals surface area contributed by atoms with Gasteiger partial charge in [-0.15, -0.1) is 24.0 Å². The molecule has 2 fully saturated rings. The Balaban J connectivity index is 0.00000243. The summed E-state index contributed by atoms with van der Waals surface area (Å²) in [6.45, 7) is 8.97. The maximum Gasteiger partial charge on any atom is 0.193 e. The second kappa shape index (κ2) is 10.3. The van der Waals surface area contributed by atoms with Gasteiger partial charge in [0.2, 0.25) is 0 Å². The van der Waals surface area contributed by atoms with E-state index in [1.54, 1.807) is 0 Å². The van der Waals surface area contributed by atoms with Gasteiger partial charge in [0.15, 0.2) is 5.96 Å². The third-order valence-corrected chi connectivity index (χ3v) is 5.37. The van der Waals surface area contributed by atoms with Gasteiger partial charge in [-0.05, 0) is 38.3 Å². The molecule has 0 aliphatic carbocycles. The van der Waals surface area contributed by atoms with E-state index >= 15 is 0 Å². The molecule has 6 heteroatoms. The largest absolute Gasteiger partial charge is 0.381 e. The summed E-state index contributed by atoms with van der Waals surface area (Å²) in [7, 11) is 2.15. The Kier molecular flexibility index (Phi) is 8.47. The van der Waals surface area contributed by atoms with E-state index in [9.17, 15) is 0 Å². The van der Waals surface area contributed by atoms with Crippen LogP contribution in [0.2, 0.25) is 0 Å². The van der Waals surface area contributed by atoms with Crippen molar-refractivity contribution in [3.63, 3.8) is 0 Å². The summed E-state index contributed by atoms with van der Waals surface area (Å²) in [6.07, 6.45) is 3.49. The Labute approximate surface area is 175 Å². The van der Waals surface area contributed by atoms with Crippen LogP contribution in [-0.2, 0) is 4.74 Å². The number of nitrogens with one attached hydrogen (secondary N) is 1. The van der Waals surface area contributed by atoms with Gasteiger partial charge in [-0.1, -0.05) is 18.2 Å². The molecule has 0 radical (unpaired) electrons. The first-order valence-electron chi connectivity index (χ1n) is 9.60. The van der Waals surface area contributed by atoms with Crippen molar-refractivity contribution in [2.24, 2.45) is 10.4 Å². The number of aliphatic imine (C=N–C) groups is 1. The van der Waals surface area contributed by atoms with E-state index in [1.165, 1.54) is 18.5 Å². The highest BCUT2D eigenvalue weighted by atomic mass is 127. The number of rotatable bonds is 6. The van der Waals surface area contributed by atoms with Gasteiger partial charge in [0, 0.05) is 57.5 Å². The number of ether oxygens (including phenoxy) is 1. The topological polar surface area (TPSA) is 40.1 Å². The number of halogens is 1. The molecule has 2 heterocycles. The highest BCUT2D eigenvalue weighted by Gasteiger charge is 2.42. The molecule has 0 saturated carbocycles. The van der Waals surface area contributed by atoms with E-state index < -0.39 is 0 Å². The molecule has 146 valence electrons. The molecule has 0 amide bonds. The summed E-state index contributed by atoms with van der Waals surface area (Å²) in [5.41, 5.74) is 1.64. The fourth-order valence-corrected chi connectivity index (χ4v) is 3.82. The first kappa shape index (κ1) is 21.3. The predicted molar refractivity (Wildman–Crippen MR) is 120 cm³/mol. The quantitative estimate of drug-likeness (QED) is 0.299. The van der Waals surface area contributed by atoms with E-state index in [-0.39, 0.29) is 24.0 Å². The average Bonchev–Trinajstić information content (AvgIpc) is 3.28. The summed E-state index contributed by atoms with van der Waals surface area (Å²) in [6, 6.07) is 10.5. The van der Waals surface area contributed by atoms with Crippen LogP contribution in [0, 0.1) is 5.41 Å². The minimum atomic E-state index is 0. The van der Waals surface area contributed by atoms with Gasteiger partial charge in [-0.3, -0.25) is 4.99 Å².